The number of hydrogen-bond acceptors (Lipinski definition) is 5. The highest BCUT2D eigenvalue weighted by Gasteiger charge is 2.17. The number of nitrogens with one attached hydrogen (secondary N) is 2. The number of hydrogen-bond donors (Lipinski definition) is 2. The minimum absolute atomic E-state index is 0. The highest BCUT2D eigenvalue weighted by atomic mass is 35.5. The lowest BCUT2D eigenvalue weighted by Gasteiger charge is -2.10. The van der Waals surface area contributed by atoms with Gasteiger partial charge in [-0.3, -0.25) is 4.79 Å². The van der Waals surface area contributed by atoms with Gasteiger partial charge in [0.05, 0.1) is 7.11 Å². The third-order valence-electron chi connectivity index (χ3n) is 3.75. The molecular formula is C16H21Cl2N3O2S. The fourth-order valence-electron chi connectivity index (χ4n) is 2.48. The summed E-state index contributed by atoms with van der Waals surface area (Å²) in [6.45, 7) is 1.70. The number of halogens is 2. The van der Waals surface area contributed by atoms with Gasteiger partial charge in [-0.25, -0.2) is 4.98 Å². The minimum atomic E-state index is -0.107. The van der Waals surface area contributed by atoms with E-state index in [0.717, 1.165) is 29.3 Å². The molecule has 1 aromatic heterocycles. The van der Waals surface area contributed by atoms with Gasteiger partial charge < -0.3 is 15.4 Å². The number of methoxy groups -OCH3 is 1. The summed E-state index contributed by atoms with van der Waals surface area (Å²) >= 11 is 1.47. The van der Waals surface area contributed by atoms with Crippen LogP contribution in [-0.2, 0) is 0 Å². The SMILES string of the molecule is COc1ccc(-c2nc(C(=O)NCC3CCCN3)cs2)cc1.Cl.Cl. The van der Waals surface area contributed by atoms with E-state index in [0.29, 0.717) is 18.3 Å². The molecule has 2 aromatic rings. The van der Waals surface area contributed by atoms with E-state index in [-0.39, 0.29) is 30.7 Å². The standard InChI is InChI=1S/C16H19N3O2S.2ClH/c1-21-13-6-4-11(5-7-13)16-19-14(10-22-16)15(20)18-9-12-3-2-8-17-12;;/h4-7,10,12,17H,2-3,8-9H2,1H3,(H,18,20);2*1H. The number of benzene rings is 1. The number of rotatable bonds is 5. The molecule has 0 saturated carbocycles. The van der Waals surface area contributed by atoms with E-state index in [4.69, 9.17) is 4.74 Å². The second-order valence-electron chi connectivity index (χ2n) is 5.27. The van der Waals surface area contributed by atoms with Crippen molar-refractivity contribution in [3.8, 4) is 16.3 Å². The van der Waals surface area contributed by atoms with Crippen LogP contribution in [0.15, 0.2) is 29.6 Å². The number of aromatic nitrogens is 1. The predicted molar refractivity (Wildman–Crippen MR) is 102 cm³/mol. The Bertz CT molecular complexity index is 643. The van der Waals surface area contributed by atoms with Crippen molar-refractivity contribution < 1.29 is 9.53 Å². The van der Waals surface area contributed by atoms with E-state index in [9.17, 15) is 4.79 Å². The number of carbonyl (C=O) groups is 1. The van der Waals surface area contributed by atoms with Crippen molar-refractivity contribution in [3.05, 3.63) is 35.3 Å². The quantitative estimate of drug-likeness (QED) is 0.824. The Morgan fingerprint density at radius 3 is 2.75 bits per heavy atom. The van der Waals surface area contributed by atoms with Gasteiger partial charge in [0.2, 0.25) is 0 Å². The van der Waals surface area contributed by atoms with Crippen LogP contribution >= 0.6 is 36.2 Å². The van der Waals surface area contributed by atoms with Crippen LogP contribution < -0.4 is 15.4 Å². The van der Waals surface area contributed by atoms with Crippen LogP contribution in [0.1, 0.15) is 23.3 Å². The summed E-state index contributed by atoms with van der Waals surface area (Å²) in [5.41, 5.74) is 1.47. The van der Waals surface area contributed by atoms with E-state index in [1.807, 2.05) is 24.3 Å². The van der Waals surface area contributed by atoms with Crippen molar-refractivity contribution in [2.24, 2.45) is 0 Å². The Balaban J connectivity index is 0.00000144. The second-order valence-corrected chi connectivity index (χ2v) is 6.13. The lowest BCUT2D eigenvalue weighted by molar-refractivity contribution is 0.0946. The van der Waals surface area contributed by atoms with Crippen molar-refractivity contribution in [3.63, 3.8) is 0 Å². The average molecular weight is 390 g/mol. The third kappa shape index (κ3) is 5.08. The molecule has 1 amide bonds. The number of ether oxygens (including phenoxy) is 1. The number of nitrogens with zero attached hydrogens (tertiary/aromatic N) is 1. The van der Waals surface area contributed by atoms with Gasteiger partial charge in [0.25, 0.3) is 5.91 Å². The van der Waals surface area contributed by atoms with Crippen LogP contribution in [-0.4, -0.2) is 37.1 Å². The summed E-state index contributed by atoms with van der Waals surface area (Å²) in [4.78, 5) is 16.6. The minimum Gasteiger partial charge on any atom is -0.497 e. The molecule has 2 N–H and O–H groups in total. The molecule has 8 heteroatoms. The second kappa shape index (κ2) is 9.84. The van der Waals surface area contributed by atoms with Crippen molar-refractivity contribution in [1.29, 1.82) is 0 Å². The van der Waals surface area contributed by atoms with Gasteiger partial charge in [-0.2, -0.15) is 0 Å². The van der Waals surface area contributed by atoms with E-state index < -0.39 is 0 Å². The van der Waals surface area contributed by atoms with Gasteiger partial charge in [0.1, 0.15) is 16.5 Å². The fourth-order valence-corrected chi connectivity index (χ4v) is 3.29. The van der Waals surface area contributed by atoms with Crippen LogP contribution in [0.4, 0.5) is 0 Å². The normalized spacial score (nSPS) is 16.0. The molecule has 24 heavy (non-hydrogen) atoms. The number of amides is 1. The maximum absolute atomic E-state index is 12.1. The Hall–Kier alpha value is -1.34. The first-order valence-electron chi connectivity index (χ1n) is 7.38. The van der Waals surface area contributed by atoms with E-state index >= 15 is 0 Å². The van der Waals surface area contributed by atoms with E-state index in [2.05, 4.69) is 15.6 Å². The van der Waals surface area contributed by atoms with Crippen LogP contribution in [0, 0.1) is 0 Å². The summed E-state index contributed by atoms with van der Waals surface area (Å²) in [5.74, 6) is 0.701. The molecule has 1 unspecified atom stereocenters. The molecule has 1 aromatic carbocycles. The van der Waals surface area contributed by atoms with Crippen LogP contribution in [0.3, 0.4) is 0 Å². The maximum atomic E-state index is 12.1. The molecule has 3 rings (SSSR count). The molecule has 1 aliphatic heterocycles. The van der Waals surface area contributed by atoms with Crippen molar-refractivity contribution in [2.45, 2.75) is 18.9 Å². The summed E-state index contributed by atoms with van der Waals surface area (Å²) in [6.07, 6.45) is 2.30. The van der Waals surface area contributed by atoms with Crippen molar-refractivity contribution in [1.82, 2.24) is 15.6 Å². The molecule has 1 aliphatic rings. The first-order valence-corrected chi connectivity index (χ1v) is 8.26. The van der Waals surface area contributed by atoms with Crippen molar-refractivity contribution in [2.75, 3.05) is 20.2 Å². The lowest BCUT2D eigenvalue weighted by atomic mass is 10.2. The third-order valence-corrected chi connectivity index (χ3v) is 4.64. The molecule has 5 nitrogen and oxygen atoms in total. The number of carbonyl (C=O) groups excluding carboxylic acids is 1. The molecular weight excluding hydrogens is 369 g/mol. The van der Waals surface area contributed by atoms with E-state index in [1.54, 1.807) is 12.5 Å². The largest absolute Gasteiger partial charge is 0.497 e. The van der Waals surface area contributed by atoms with Gasteiger partial charge in [0, 0.05) is 23.5 Å². The molecule has 1 fully saturated rings. The molecule has 1 atom stereocenters. The highest BCUT2D eigenvalue weighted by Crippen LogP contribution is 2.25. The molecule has 0 radical (unpaired) electrons. The Labute approximate surface area is 158 Å². The zero-order valence-corrected chi connectivity index (χ0v) is 15.7. The molecule has 0 aliphatic carbocycles. The predicted octanol–water partition coefficient (Wildman–Crippen LogP) is 3.14. The summed E-state index contributed by atoms with van der Waals surface area (Å²) in [6, 6.07) is 8.07. The van der Waals surface area contributed by atoms with Gasteiger partial charge >= 0.3 is 0 Å². The lowest BCUT2D eigenvalue weighted by Crippen LogP contribution is -2.37. The molecule has 0 bridgehead atoms. The van der Waals surface area contributed by atoms with Gasteiger partial charge in [-0.05, 0) is 43.7 Å². The van der Waals surface area contributed by atoms with Crippen molar-refractivity contribution >= 4 is 42.1 Å². The zero-order chi connectivity index (χ0) is 15.4. The molecule has 132 valence electrons. The number of thiazole rings is 1. The van der Waals surface area contributed by atoms with Crippen LogP contribution in [0.25, 0.3) is 10.6 Å². The Kier molecular flexibility index (Phi) is 8.48. The Morgan fingerprint density at radius 2 is 2.12 bits per heavy atom. The molecule has 0 spiro atoms. The monoisotopic (exact) mass is 389 g/mol. The van der Waals surface area contributed by atoms with Gasteiger partial charge in [0.15, 0.2) is 0 Å². The van der Waals surface area contributed by atoms with Crippen LogP contribution in [0.5, 0.6) is 5.75 Å². The summed E-state index contributed by atoms with van der Waals surface area (Å²) in [5, 5.41) is 8.95. The average Bonchev–Trinajstić information content (AvgIpc) is 3.24. The van der Waals surface area contributed by atoms with Gasteiger partial charge in [-0.15, -0.1) is 36.2 Å². The molecule has 1 saturated heterocycles. The first-order chi connectivity index (χ1) is 10.8. The van der Waals surface area contributed by atoms with Gasteiger partial charge in [-0.1, -0.05) is 0 Å². The molecule has 2 heterocycles. The summed E-state index contributed by atoms with van der Waals surface area (Å²) < 4.78 is 5.14. The zero-order valence-electron chi connectivity index (χ0n) is 13.3. The summed E-state index contributed by atoms with van der Waals surface area (Å²) in [7, 11) is 1.64. The smallest absolute Gasteiger partial charge is 0.270 e. The maximum Gasteiger partial charge on any atom is 0.270 e. The fraction of sp³-hybridized carbons (Fsp3) is 0.375. The first kappa shape index (κ1) is 20.7. The Morgan fingerprint density at radius 1 is 1.38 bits per heavy atom. The topological polar surface area (TPSA) is 63.2 Å². The highest BCUT2D eigenvalue weighted by molar-refractivity contribution is 7.13. The van der Waals surface area contributed by atoms with Crippen LogP contribution in [0.2, 0.25) is 0 Å². The van der Waals surface area contributed by atoms with E-state index in [1.165, 1.54) is 17.8 Å².